The molecule has 8 heteroatoms. The summed E-state index contributed by atoms with van der Waals surface area (Å²) in [7, 11) is 0. The summed E-state index contributed by atoms with van der Waals surface area (Å²) in [6.45, 7) is 3.33. The zero-order valence-electron chi connectivity index (χ0n) is 13.7. The van der Waals surface area contributed by atoms with Crippen LogP contribution >= 0.6 is 22.7 Å². The molecule has 4 rings (SSSR count). The number of halogens is 1. The van der Waals surface area contributed by atoms with E-state index in [-0.39, 0.29) is 17.6 Å². The lowest BCUT2D eigenvalue weighted by molar-refractivity contribution is -0.120. The second-order valence-corrected chi connectivity index (χ2v) is 8.02. The van der Waals surface area contributed by atoms with Crippen LogP contribution in [0.1, 0.15) is 18.5 Å². The van der Waals surface area contributed by atoms with Gasteiger partial charge in [-0.05, 0) is 31.9 Å². The molecule has 1 aliphatic heterocycles. The number of nitrogens with zero attached hydrogens (tertiary/aromatic N) is 3. The van der Waals surface area contributed by atoms with Gasteiger partial charge in [-0.2, -0.15) is 0 Å². The smallest absolute Gasteiger partial charge is 0.231 e. The Morgan fingerprint density at radius 2 is 2.28 bits per heavy atom. The number of carbonyl (C=O) groups is 1. The van der Waals surface area contributed by atoms with Crippen LogP contribution < -0.4 is 10.2 Å². The monoisotopic (exact) mass is 376 g/mol. The first kappa shape index (κ1) is 16.4. The molecule has 3 heterocycles. The van der Waals surface area contributed by atoms with Crippen molar-refractivity contribution in [3.05, 3.63) is 35.1 Å². The fourth-order valence-electron chi connectivity index (χ4n) is 3.02. The minimum absolute atomic E-state index is 0.00802. The number of piperidine rings is 1. The molecular weight excluding hydrogens is 359 g/mol. The number of hydrogen-bond acceptors (Lipinski definition) is 6. The first-order chi connectivity index (χ1) is 12.1. The molecule has 1 unspecified atom stereocenters. The van der Waals surface area contributed by atoms with E-state index in [0.717, 1.165) is 34.9 Å². The standard InChI is InChI=1S/C17H17FN4OS2/c1-10-9-24-16(19-10)21-15(23)11-4-3-7-22(8-11)17-20-14-12(18)5-2-6-13(14)25-17/h2,5-6,9,11H,3-4,7-8H2,1H3,(H,19,21,23). The maximum atomic E-state index is 13.9. The normalized spacial score (nSPS) is 17.8. The van der Waals surface area contributed by atoms with E-state index in [1.807, 2.05) is 18.4 Å². The van der Waals surface area contributed by atoms with Gasteiger partial charge in [-0.3, -0.25) is 4.79 Å². The Labute approximate surface area is 152 Å². The summed E-state index contributed by atoms with van der Waals surface area (Å²) < 4.78 is 14.7. The fraction of sp³-hybridized carbons (Fsp3) is 0.353. The molecule has 5 nitrogen and oxygen atoms in total. The quantitative estimate of drug-likeness (QED) is 0.749. The number of aromatic nitrogens is 2. The minimum Gasteiger partial charge on any atom is -0.347 e. The number of hydrogen-bond donors (Lipinski definition) is 1. The number of anilines is 2. The third kappa shape index (κ3) is 3.36. The van der Waals surface area contributed by atoms with E-state index in [1.54, 1.807) is 6.07 Å². The molecular formula is C17H17FN4OS2. The second-order valence-electron chi connectivity index (χ2n) is 6.15. The van der Waals surface area contributed by atoms with Gasteiger partial charge in [0.05, 0.1) is 16.3 Å². The molecule has 1 aromatic carbocycles. The molecule has 1 atom stereocenters. The second kappa shape index (κ2) is 6.68. The molecule has 1 fully saturated rings. The average Bonchev–Trinajstić information content (AvgIpc) is 3.22. The molecule has 0 spiro atoms. The van der Waals surface area contributed by atoms with E-state index in [2.05, 4.69) is 20.2 Å². The SMILES string of the molecule is Cc1csc(NC(=O)C2CCCN(c3nc4c(F)cccc4s3)C2)n1. The lowest BCUT2D eigenvalue weighted by Gasteiger charge is -2.31. The van der Waals surface area contributed by atoms with E-state index in [4.69, 9.17) is 0 Å². The van der Waals surface area contributed by atoms with Gasteiger partial charge in [0.15, 0.2) is 10.3 Å². The number of para-hydroxylation sites is 1. The van der Waals surface area contributed by atoms with Crippen LogP contribution in [0.3, 0.4) is 0 Å². The zero-order valence-corrected chi connectivity index (χ0v) is 15.3. The Morgan fingerprint density at radius 3 is 3.04 bits per heavy atom. The Balaban J connectivity index is 1.49. The summed E-state index contributed by atoms with van der Waals surface area (Å²) in [5, 5.41) is 6.24. The lowest BCUT2D eigenvalue weighted by Crippen LogP contribution is -2.40. The Morgan fingerprint density at radius 1 is 1.40 bits per heavy atom. The Kier molecular flexibility index (Phi) is 4.39. The van der Waals surface area contributed by atoms with E-state index in [0.29, 0.717) is 17.2 Å². The highest BCUT2D eigenvalue weighted by Gasteiger charge is 2.28. The third-order valence-electron chi connectivity index (χ3n) is 4.27. The van der Waals surface area contributed by atoms with Crippen LogP contribution in [-0.2, 0) is 4.79 Å². The number of amides is 1. The van der Waals surface area contributed by atoms with Gasteiger partial charge in [0.2, 0.25) is 5.91 Å². The molecule has 0 radical (unpaired) electrons. The van der Waals surface area contributed by atoms with Gasteiger partial charge >= 0.3 is 0 Å². The van der Waals surface area contributed by atoms with Crippen LogP contribution in [0.15, 0.2) is 23.6 Å². The van der Waals surface area contributed by atoms with Gasteiger partial charge in [-0.25, -0.2) is 14.4 Å². The van der Waals surface area contributed by atoms with Crippen molar-refractivity contribution in [3.8, 4) is 0 Å². The van der Waals surface area contributed by atoms with Gasteiger partial charge in [0.25, 0.3) is 0 Å². The summed E-state index contributed by atoms with van der Waals surface area (Å²) in [6.07, 6.45) is 1.75. The van der Waals surface area contributed by atoms with Crippen LogP contribution in [0.4, 0.5) is 14.7 Å². The molecule has 130 valence electrons. The fourth-order valence-corrected chi connectivity index (χ4v) is 4.73. The minimum atomic E-state index is -0.301. The van der Waals surface area contributed by atoms with Crippen molar-refractivity contribution in [2.24, 2.45) is 5.92 Å². The predicted molar refractivity (Wildman–Crippen MR) is 100.0 cm³/mol. The van der Waals surface area contributed by atoms with Crippen LogP contribution in [0.2, 0.25) is 0 Å². The molecule has 25 heavy (non-hydrogen) atoms. The molecule has 1 N–H and O–H groups in total. The van der Waals surface area contributed by atoms with E-state index in [9.17, 15) is 9.18 Å². The van der Waals surface area contributed by atoms with Crippen molar-refractivity contribution in [2.45, 2.75) is 19.8 Å². The van der Waals surface area contributed by atoms with Crippen molar-refractivity contribution in [1.82, 2.24) is 9.97 Å². The Hall–Kier alpha value is -2.06. The average molecular weight is 376 g/mol. The third-order valence-corrected chi connectivity index (χ3v) is 6.23. The molecule has 0 bridgehead atoms. The summed E-state index contributed by atoms with van der Waals surface area (Å²) in [6, 6.07) is 4.99. The van der Waals surface area contributed by atoms with Crippen molar-refractivity contribution < 1.29 is 9.18 Å². The number of rotatable bonds is 3. The maximum Gasteiger partial charge on any atom is 0.231 e. The number of fused-ring (bicyclic) bond motifs is 1. The summed E-state index contributed by atoms with van der Waals surface area (Å²) in [5.74, 6) is -0.424. The van der Waals surface area contributed by atoms with Crippen molar-refractivity contribution in [1.29, 1.82) is 0 Å². The molecule has 2 aromatic heterocycles. The van der Waals surface area contributed by atoms with E-state index >= 15 is 0 Å². The van der Waals surface area contributed by atoms with Gasteiger partial charge in [-0.15, -0.1) is 11.3 Å². The first-order valence-electron chi connectivity index (χ1n) is 8.13. The number of aryl methyl sites for hydroxylation is 1. The molecule has 3 aromatic rings. The highest BCUT2D eigenvalue weighted by molar-refractivity contribution is 7.22. The number of nitrogens with one attached hydrogen (secondary N) is 1. The highest BCUT2D eigenvalue weighted by atomic mass is 32.1. The van der Waals surface area contributed by atoms with Gasteiger partial charge in [-0.1, -0.05) is 17.4 Å². The van der Waals surface area contributed by atoms with Crippen LogP contribution in [0.25, 0.3) is 10.2 Å². The van der Waals surface area contributed by atoms with E-state index in [1.165, 1.54) is 28.7 Å². The summed E-state index contributed by atoms with van der Waals surface area (Å²) in [5.41, 5.74) is 1.31. The van der Waals surface area contributed by atoms with Crippen LogP contribution in [-0.4, -0.2) is 29.0 Å². The highest BCUT2D eigenvalue weighted by Crippen LogP contribution is 2.33. The van der Waals surface area contributed by atoms with Crippen molar-refractivity contribution in [3.63, 3.8) is 0 Å². The lowest BCUT2D eigenvalue weighted by atomic mass is 9.97. The predicted octanol–water partition coefficient (Wildman–Crippen LogP) is 4.06. The number of thiazole rings is 2. The summed E-state index contributed by atoms with van der Waals surface area (Å²) in [4.78, 5) is 23.3. The molecule has 0 saturated carbocycles. The largest absolute Gasteiger partial charge is 0.347 e. The van der Waals surface area contributed by atoms with Gasteiger partial charge in [0.1, 0.15) is 11.3 Å². The first-order valence-corrected chi connectivity index (χ1v) is 9.83. The van der Waals surface area contributed by atoms with Crippen LogP contribution in [0, 0.1) is 18.7 Å². The Bertz CT molecular complexity index is 922. The van der Waals surface area contributed by atoms with Crippen molar-refractivity contribution in [2.75, 3.05) is 23.3 Å². The molecule has 1 saturated heterocycles. The molecule has 1 amide bonds. The number of carbonyl (C=O) groups excluding carboxylic acids is 1. The van der Waals surface area contributed by atoms with Crippen LogP contribution in [0.5, 0.6) is 0 Å². The van der Waals surface area contributed by atoms with Crippen molar-refractivity contribution >= 4 is 49.1 Å². The van der Waals surface area contributed by atoms with Gasteiger partial charge in [0, 0.05) is 18.5 Å². The summed E-state index contributed by atoms with van der Waals surface area (Å²) >= 11 is 2.91. The maximum absolute atomic E-state index is 13.9. The zero-order chi connectivity index (χ0) is 17.4. The number of benzene rings is 1. The topological polar surface area (TPSA) is 58.1 Å². The molecule has 1 aliphatic rings. The molecule has 0 aliphatic carbocycles. The van der Waals surface area contributed by atoms with Gasteiger partial charge < -0.3 is 10.2 Å². The van der Waals surface area contributed by atoms with E-state index < -0.39 is 0 Å².